The Labute approximate surface area is 123 Å². The van der Waals surface area contributed by atoms with E-state index in [9.17, 15) is 4.39 Å². The van der Waals surface area contributed by atoms with Gasteiger partial charge >= 0.3 is 0 Å². The van der Waals surface area contributed by atoms with Crippen LogP contribution in [0.3, 0.4) is 0 Å². The lowest BCUT2D eigenvalue weighted by Crippen LogP contribution is -2.25. The molecule has 0 fully saturated rings. The average Bonchev–Trinajstić information content (AvgIpc) is 2.76. The van der Waals surface area contributed by atoms with Crippen LogP contribution in [0, 0.1) is 5.82 Å². The predicted octanol–water partition coefficient (Wildman–Crippen LogP) is 3.90. The van der Waals surface area contributed by atoms with E-state index in [2.05, 4.69) is 18.4 Å². The summed E-state index contributed by atoms with van der Waals surface area (Å²) in [4.78, 5) is 3.33. The van der Waals surface area contributed by atoms with Crippen LogP contribution in [-0.2, 0) is 13.1 Å². The van der Waals surface area contributed by atoms with Crippen LogP contribution >= 0.6 is 11.3 Å². The summed E-state index contributed by atoms with van der Waals surface area (Å²) in [5.41, 5.74) is 7.98. The summed E-state index contributed by atoms with van der Waals surface area (Å²) in [5, 5.41) is 0.734. The number of hydrogen-bond donors (Lipinski definition) is 1. The second-order valence-electron chi connectivity index (χ2n) is 5.08. The quantitative estimate of drug-likeness (QED) is 0.818. The first-order chi connectivity index (χ1) is 9.56. The van der Waals surface area contributed by atoms with Crippen molar-refractivity contribution in [2.45, 2.75) is 26.9 Å². The largest absolute Gasteiger partial charge is 0.326 e. The highest BCUT2D eigenvalue weighted by Crippen LogP contribution is 2.33. The highest BCUT2D eigenvalue weighted by atomic mass is 32.1. The van der Waals surface area contributed by atoms with Crippen LogP contribution in [0.5, 0.6) is 0 Å². The minimum Gasteiger partial charge on any atom is -0.326 e. The van der Waals surface area contributed by atoms with Crippen LogP contribution in [0.25, 0.3) is 10.1 Å². The van der Waals surface area contributed by atoms with Gasteiger partial charge in [-0.25, -0.2) is 4.39 Å². The number of likely N-dealkylation sites (N-methyl/N-ethyl adjacent to an activating group) is 1. The van der Waals surface area contributed by atoms with Gasteiger partial charge in [-0.3, -0.25) is 4.90 Å². The van der Waals surface area contributed by atoms with Crippen LogP contribution in [0.4, 0.5) is 4.39 Å². The number of fused-ring (bicyclic) bond motifs is 1. The first kappa shape index (κ1) is 15.2. The van der Waals surface area contributed by atoms with Crippen molar-refractivity contribution < 1.29 is 4.39 Å². The van der Waals surface area contributed by atoms with Crippen molar-refractivity contribution in [3.8, 4) is 0 Å². The standard InChI is InChI=1S/C16H21FN2S/c1-4-19(9-11(2)3)10-12-15(8-18)20-14-7-5-6-13(17)16(12)14/h5-7H,2,4,8-10,18H2,1,3H3. The molecule has 0 saturated carbocycles. The third-order valence-corrected chi connectivity index (χ3v) is 4.57. The summed E-state index contributed by atoms with van der Waals surface area (Å²) >= 11 is 1.60. The van der Waals surface area contributed by atoms with Gasteiger partial charge in [-0.15, -0.1) is 11.3 Å². The Morgan fingerprint density at radius 3 is 2.80 bits per heavy atom. The van der Waals surface area contributed by atoms with E-state index >= 15 is 0 Å². The molecule has 108 valence electrons. The van der Waals surface area contributed by atoms with E-state index < -0.39 is 0 Å². The average molecular weight is 292 g/mol. The molecule has 0 bridgehead atoms. The Balaban J connectivity index is 2.43. The molecular weight excluding hydrogens is 271 g/mol. The molecule has 0 saturated heterocycles. The van der Waals surface area contributed by atoms with E-state index in [0.717, 1.165) is 45.7 Å². The zero-order chi connectivity index (χ0) is 14.7. The fourth-order valence-corrected chi connectivity index (χ4v) is 3.54. The molecule has 0 aliphatic rings. The Morgan fingerprint density at radius 2 is 2.20 bits per heavy atom. The molecule has 0 atom stereocenters. The van der Waals surface area contributed by atoms with Crippen molar-refractivity contribution in [1.29, 1.82) is 0 Å². The number of nitrogens with zero attached hydrogens (tertiary/aromatic N) is 1. The van der Waals surface area contributed by atoms with E-state index in [0.29, 0.717) is 6.54 Å². The molecule has 0 aliphatic heterocycles. The summed E-state index contributed by atoms with van der Waals surface area (Å²) in [6.45, 7) is 11.0. The maximum Gasteiger partial charge on any atom is 0.132 e. The molecular formula is C16H21FN2S. The second-order valence-corrected chi connectivity index (χ2v) is 6.22. The molecule has 0 amide bonds. The SMILES string of the molecule is C=C(C)CN(CC)Cc1c(CN)sc2cccc(F)c12. The molecule has 2 rings (SSSR count). The number of halogens is 1. The normalized spacial score (nSPS) is 11.4. The van der Waals surface area contributed by atoms with Crippen LogP contribution in [0.2, 0.25) is 0 Å². The number of hydrogen-bond acceptors (Lipinski definition) is 3. The van der Waals surface area contributed by atoms with Gasteiger partial charge in [-0.2, -0.15) is 0 Å². The summed E-state index contributed by atoms with van der Waals surface area (Å²) in [7, 11) is 0. The molecule has 2 N–H and O–H groups in total. The van der Waals surface area contributed by atoms with Crippen LogP contribution in [0.1, 0.15) is 24.3 Å². The molecule has 0 unspecified atom stereocenters. The van der Waals surface area contributed by atoms with Crippen molar-refractivity contribution in [2.24, 2.45) is 5.73 Å². The van der Waals surface area contributed by atoms with E-state index in [1.807, 2.05) is 13.0 Å². The number of benzene rings is 1. The third-order valence-electron chi connectivity index (χ3n) is 3.35. The van der Waals surface area contributed by atoms with E-state index in [1.165, 1.54) is 6.07 Å². The lowest BCUT2D eigenvalue weighted by molar-refractivity contribution is 0.305. The van der Waals surface area contributed by atoms with E-state index in [1.54, 1.807) is 17.4 Å². The first-order valence-electron chi connectivity index (χ1n) is 6.82. The molecule has 1 heterocycles. The molecule has 2 nitrogen and oxygen atoms in total. The van der Waals surface area contributed by atoms with Crippen molar-refractivity contribution in [1.82, 2.24) is 4.90 Å². The van der Waals surface area contributed by atoms with Crippen molar-refractivity contribution >= 4 is 21.4 Å². The molecule has 1 aromatic carbocycles. The van der Waals surface area contributed by atoms with Gasteiger partial charge in [0.25, 0.3) is 0 Å². The van der Waals surface area contributed by atoms with Crippen LogP contribution < -0.4 is 5.73 Å². The van der Waals surface area contributed by atoms with Gasteiger partial charge in [0.1, 0.15) is 5.82 Å². The molecule has 20 heavy (non-hydrogen) atoms. The minimum atomic E-state index is -0.153. The van der Waals surface area contributed by atoms with E-state index in [4.69, 9.17) is 5.73 Å². The molecule has 2 aromatic rings. The van der Waals surface area contributed by atoms with Gasteiger partial charge in [-0.1, -0.05) is 25.1 Å². The van der Waals surface area contributed by atoms with Gasteiger partial charge in [0.05, 0.1) is 0 Å². The number of rotatable bonds is 6. The summed E-state index contributed by atoms with van der Waals surface area (Å²) < 4.78 is 15.1. The predicted molar refractivity (Wildman–Crippen MR) is 85.4 cm³/mol. The first-order valence-corrected chi connectivity index (χ1v) is 7.64. The fraction of sp³-hybridized carbons (Fsp3) is 0.375. The van der Waals surface area contributed by atoms with Gasteiger partial charge in [-0.05, 0) is 31.2 Å². The van der Waals surface area contributed by atoms with E-state index in [-0.39, 0.29) is 5.82 Å². The number of thiophene rings is 1. The zero-order valence-corrected chi connectivity index (χ0v) is 12.9. The van der Waals surface area contributed by atoms with Crippen molar-refractivity contribution in [3.63, 3.8) is 0 Å². The monoisotopic (exact) mass is 292 g/mol. The summed E-state index contributed by atoms with van der Waals surface area (Å²) in [6.07, 6.45) is 0. The van der Waals surface area contributed by atoms with Crippen molar-refractivity contribution in [3.05, 3.63) is 46.6 Å². The summed E-state index contributed by atoms with van der Waals surface area (Å²) in [6, 6.07) is 5.23. The molecule has 4 heteroatoms. The molecule has 0 aliphatic carbocycles. The molecule has 1 aromatic heterocycles. The van der Waals surface area contributed by atoms with Crippen LogP contribution in [-0.4, -0.2) is 18.0 Å². The highest BCUT2D eigenvalue weighted by Gasteiger charge is 2.16. The molecule has 0 spiro atoms. The lowest BCUT2D eigenvalue weighted by atomic mass is 10.1. The molecule has 0 radical (unpaired) electrons. The van der Waals surface area contributed by atoms with Gasteiger partial charge in [0, 0.05) is 34.6 Å². The topological polar surface area (TPSA) is 29.3 Å². The van der Waals surface area contributed by atoms with Crippen LogP contribution in [0.15, 0.2) is 30.4 Å². The summed E-state index contributed by atoms with van der Waals surface area (Å²) in [5.74, 6) is -0.153. The Hall–Kier alpha value is -1.23. The lowest BCUT2D eigenvalue weighted by Gasteiger charge is -2.21. The maximum absolute atomic E-state index is 14.1. The van der Waals surface area contributed by atoms with Gasteiger partial charge in [0.15, 0.2) is 0 Å². The highest BCUT2D eigenvalue weighted by molar-refractivity contribution is 7.19. The minimum absolute atomic E-state index is 0.153. The Bertz CT molecular complexity index is 618. The van der Waals surface area contributed by atoms with Gasteiger partial charge < -0.3 is 5.73 Å². The third kappa shape index (κ3) is 3.08. The van der Waals surface area contributed by atoms with Crippen molar-refractivity contribution in [2.75, 3.05) is 13.1 Å². The smallest absolute Gasteiger partial charge is 0.132 e. The number of nitrogens with two attached hydrogens (primary N) is 1. The Kier molecular flexibility index (Phi) is 4.91. The fourth-order valence-electron chi connectivity index (χ4n) is 2.43. The Morgan fingerprint density at radius 1 is 1.45 bits per heavy atom. The van der Waals surface area contributed by atoms with Gasteiger partial charge in [0.2, 0.25) is 0 Å². The zero-order valence-electron chi connectivity index (χ0n) is 12.1. The maximum atomic E-state index is 14.1. The second kappa shape index (κ2) is 6.48.